The zero-order chi connectivity index (χ0) is 17.0. The molecule has 0 heterocycles. The predicted octanol–water partition coefficient (Wildman–Crippen LogP) is 2.69. The number of hydrogen-bond acceptors (Lipinski definition) is 3. The quantitative estimate of drug-likeness (QED) is 0.791. The Balaban J connectivity index is 1.95. The molecule has 2 rings (SSSR count). The van der Waals surface area contributed by atoms with E-state index in [2.05, 4.69) is 15.9 Å². The largest absolute Gasteiger partial charge is 0.483 e. The van der Waals surface area contributed by atoms with E-state index in [9.17, 15) is 22.8 Å². The number of hydrazine groups is 1. The molecule has 0 aliphatic heterocycles. The Labute approximate surface area is 136 Å². The fraction of sp³-hybridized carbons (Fsp3) is 0.143. The minimum atomic E-state index is -5.07. The first-order valence-corrected chi connectivity index (χ1v) is 7.04. The summed E-state index contributed by atoms with van der Waals surface area (Å²) in [5.74, 6) is -2.85. The molecule has 2 aromatic rings. The maximum atomic E-state index is 12.0. The number of fused-ring (bicyclic) bond motifs is 1. The van der Waals surface area contributed by atoms with Crippen LogP contribution in [0.5, 0.6) is 5.75 Å². The van der Waals surface area contributed by atoms with E-state index < -0.39 is 24.6 Å². The minimum absolute atomic E-state index is 0.348. The van der Waals surface area contributed by atoms with Crippen molar-refractivity contribution >= 4 is 38.5 Å². The van der Waals surface area contributed by atoms with Crippen LogP contribution in [0.15, 0.2) is 40.9 Å². The van der Waals surface area contributed by atoms with Crippen LogP contribution in [-0.4, -0.2) is 24.6 Å². The normalized spacial score (nSPS) is 11.1. The molecule has 0 saturated carbocycles. The lowest BCUT2D eigenvalue weighted by atomic mass is 10.1. The van der Waals surface area contributed by atoms with Crippen LogP contribution in [0.25, 0.3) is 10.8 Å². The first-order valence-electron chi connectivity index (χ1n) is 6.25. The van der Waals surface area contributed by atoms with Crippen LogP contribution in [0.3, 0.4) is 0 Å². The number of benzene rings is 2. The lowest BCUT2D eigenvalue weighted by Crippen LogP contribution is -2.49. The van der Waals surface area contributed by atoms with Gasteiger partial charge in [0.15, 0.2) is 6.61 Å². The van der Waals surface area contributed by atoms with E-state index in [1.165, 1.54) is 5.43 Å². The van der Waals surface area contributed by atoms with E-state index in [1.54, 1.807) is 17.6 Å². The van der Waals surface area contributed by atoms with E-state index in [0.717, 1.165) is 10.8 Å². The molecule has 2 N–H and O–H groups in total. The van der Waals surface area contributed by atoms with E-state index >= 15 is 0 Å². The van der Waals surface area contributed by atoms with Gasteiger partial charge in [-0.05, 0) is 32.8 Å². The Morgan fingerprint density at radius 2 is 1.78 bits per heavy atom. The van der Waals surface area contributed by atoms with Gasteiger partial charge in [-0.3, -0.25) is 20.4 Å². The van der Waals surface area contributed by atoms with Crippen molar-refractivity contribution in [3.05, 3.63) is 40.9 Å². The third-order valence-corrected chi connectivity index (χ3v) is 3.58. The zero-order valence-electron chi connectivity index (χ0n) is 11.4. The van der Waals surface area contributed by atoms with Crippen molar-refractivity contribution in [3.8, 4) is 5.75 Å². The third-order valence-electron chi connectivity index (χ3n) is 2.76. The number of ether oxygens (including phenoxy) is 1. The van der Waals surface area contributed by atoms with E-state index in [1.807, 2.05) is 24.3 Å². The smallest absolute Gasteiger partial charge is 0.472 e. The standard InChI is InChI=1S/C14H10BrF3N2O3/c15-12-9-4-2-1-3-8(9)5-6-10(12)23-7-11(21)19-20-13(22)14(16,17)18/h1-6H,7H2,(H,19,21)(H,20,22). The van der Waals surface area contributed by atoms with Crippen LogP contribution in [0.1, 0.15) is 0 Å². The molecule has 0 bridgehead atoms. The van der Waals surface area contributed by atoms with Gasteiger partial charge in [-0.1, -0.05) is 30.3 Å². The highest BCUT2D eigenvalue weighted by Crippen LogP contribution is 2.32. The first-order chi connectivity index (χ1) is 10.8. The monoisotopic (exact) mass is 390 g/mol. The molecule has 5 nitrogen and oxygen atoms in total. The lowest BCUT2D eigenvalue weighted by molar-refractivity contribution is -0.175. The Bertz CT molecular complexity index is 750. The van der Waals surface area contributed by atoms with Gasteiger partial charge in [0, 0.05) is 0 Å². The van der Waals surface area contributed by atoms with Crippen LogP contribution in [0.4, 0.5) is 13.2 Å². The number of amides is 2. The molecule has 122 valence electrons. The predicted molar refractivity (Wildman–Crippen MR) is 79.5 cm³/mol. The maximum Gasteiger partial charge on any atom is 0.472 e. The highest BCUT2D eigenvalue weighted by molar-refractivity contribution is 9.10. The van der Waals surface area contributed by atoms with Gasteiger partial charge in [0.2, 0.25) is 0 Å². The average Bonchev–Trinajstić information content (AvgIpc) is 2.51. The molecule has 0 aliphatic rings. The van der Waals surface area contributed by atoms with Crippen molar-refractivity contribution < 1.29 is 27.5 Å². The molecule has 2 aromatic carbocycles. The number of carbonyl (C=O) groups excluding carboxylic acids is 2. The maximum absolute atomic E-state index is 12.0. The topological polar surface area (TPSA) is 67.4 Å². The second-order valence-electron chi connectivity index (χ2n) is 4.39. The molecule has 0 fully saturated rings. The number of carbonyl (C=O) groups is 2. The Morgan fingerprint density at radius 3 is 2.48 bits per heavy atom. The van der Waals surface area contributed by atoms with Crippen LogP contribution >= 0.6 is 15.9 Å². The van der Waals surface area contributed by atoms with Gasteiger partial charge in [-0.2, -0.15) is 13.2 Å². The van der Waals surface area contributed by atoms with Gasteiger partial charge >= 0.3 is 12.1 Å². The summed E-state index contributed by atoms with van der Waals surface area (Å²) in [6, 6.07) is 10.8. The van der Waals surface area contributed by atoms with Crippen LogP contribution < -0.4 is 15.6 Å². The van der Waals surface area contributed by atoms with Crippen molar-refractivity contribution in [3.63, 3.8) is 0 Å². The molecule has 0 atom stereocenters. The fourth-order valence-electron chi connectivity index (χ4n) is 1.70. The molecule has 0 spiro atoms. The Morgan fingerprint density at radius 1 is 1.09 bits per heavy atom. The van der Waals surface area contributed by atoms with E-state index in [-0.39, 0.29) is 0 Å². The summed E-state index contributed by atoms with van der Waals surface area (Å²) >= 11 is 3.35. The lowest BCUT2D eigenvalue weighted by Gasteiger charge is -2.12. The number of rotatable bonds is 3. The molecule has 0 unspecified atom stereocenters. The summed E-state index contributed by atoms with van der Waals surface area (Å²) in [7, 11) is 0. The molecule has 9 heteroatoms. The van der Waals surface area contributed by atoms with Crippen LogP contribution in [-0.2, 0) is 9.59 Å². The summed E-state index contributed by atoms with van der Waals surface area (Å²) in [6.45, 7) is -0.560. The van der Waals surface area contributed by atoms with Crippen molar-refractivity contribution in [2.75, 3.05) is 6.61 Å². The number of halogens is 4. The summed E-state index contributed by atoms with van der Waals surface area (Å²) < 4.78 is 41.7. The van der Waals surface area contributed by atoms with E-state index in [4.69, 9.17) is 4.74 Å². The van der Waals surface area contributed by atoms with Crippen LogP contribution in [0, 0.1) is 0 Å². The molecule has 0 saturated heterocycles. The molecular formula is C14H10BrF3N2O3. The van der Waals surface area contributed by atoms with Gasteiger partial charge in [-0.15, -0.1) is 0 Å². The number of alkyl halides is 3. The van der Waals surface area contributed by atoms with Crippen molar-refractivity contribution in [2.45, 2.75) is 6.18 Å². The second kappa shape index (κ2) is 6.86. The summed E-state index contributed by atoms with van der Waals surface area (Å²) in [6.07, 6.45) is -5.07. The molecular weight excluding hydrogens is 381 g/mol. The highest BCUT2D eigenvalue weighted by atomic mass is 79.9. The van der Waals surface area contributed by atoms with Crippen molar-refractivity contribution in [2.24, 2.45) is 0 Å². The summed E-state index contributed by atoms with van der Waals surface area (Å²) in [4.78, 5) is 21.9. The molecule has 0 aromatic heterocycles. The van der Waals surface area contributed by atoms with Gasteiger partial charge in [0.25, 0.3) is 5.91 Å². The Hall–Kier alpha value is -2.29. The zero-order valence-corrected chi connectivity index (χ0v) is 13.0. The van der Waals surface area contributed by atoms with Crippen LogP contribution in [0.2, 0.25) is 0 Å². The summed E-state index contributed by atoms with van der Waals surface area (Å²) in [5.41, 5.74) is 2.86. The fourth-order valence-corrected chi connectivity index (χ4v) is 2.31. The number of hydrogen-bond donors (Lipinski definition) is 2. The molecule has 23 heavy (non-hydrogen) atoms. The van der Waals surface area contributed by atoms with Crippen molar-refractivity contribution in [1.82, 2.24) is 10.9 Å². The first kappa shape index (κ1) is 17.1. The van der Waals surface area contributed by atoms with Gasteiger partial charge in [-0.25, -0.2) is 0 Å². The minimum Gasteiger partial charge on any atom is -0.483 e. The second-order valence-corrected chi connectivity index (χ2v) is 5.18. The number of nitrogens with one attached hydrogen (secondary N) is 2. The summed E-state index contributed by atoms with van der Waals surface area (Å²) in [5, 5.41) is 1.81. The molecule has 2 amide bonds. The SMILES string of the molecule is O=C(COc1ccc2ccccc2c1Br)NNC(=O)C(F)(F)F. The van der Waals surface area contributed by atoms with Crippen molar-refractivity contribution in [1.29, 1.82) is 0 Å². The highest BCUT2D eigenvalue weighted by Gasteiger charge is 2.38. The third kappa shape index (κ3) is 4.35. The van der Waals surface area contributed by atoms with E-state index in [0.29, 0.717) is 10.2 Å². The Kier molecular flexibility index (Phi) is 5.09. The average molecular weight is 391 g/mol. The van der Waals surface area contributed by atoms with Gasteiger partial charge in [0.05, 0.1) is 4.47 Å². The van der Waals surface area contributed by atoms with Gasteiger partial charge < -0.3 is 4.74 Å². The molecule has 0 aliphatic carbocycles. The van der Waals surface area contributed by atoms with Gasteiger partial charge in [0.1, 0.15) is 5.75 Å². The molecule has 0 radical (unpaired) electrons.